The summed E-state index contributed by atoms with van der Waals surface area (Å²) < 4.78 is 0. The van der Waals surface area contributed by atoms with Crippen molar-refractivity contribution in [2.24, 2.45) is 0 Å². The van der Waals surface area contributed by atoms with Crippen LogP contribution in [0.5, 0.6) is 0 Å². The second-order valence-corrected chi connectivity index (χ2v) is 5.81. The van der Waals surface area contributed by atoms with Gasteiger partial charge in [0.05, 0.1) is 0 Å². The Balaban J connectivity index is 1.69. The maximum atomic E-state index is 3.69. The minimum atomic E-state index is 0.747. The Morgan fingerprint density at radius 1 is 1.22 bits per heavy atom. The summed E-state index contributed by atoms with van der Waals surface area (Å²) in [6.07, 6.45) is 5.48. The van der Waals surface area contributed by atoms with E-state index in [0.29, 0.717) is 0 Å². The number of hydrogen-bond acceptors (Lipinski definition) is 2. The number of benzene rings is 1. The van der Waals surface area contributed by atoms with Crippen LogP contribution in [0.2, 0.25) is 0 Å². The first-order valence-corrected chi connectivity index (χ1v) is 7.36. The zero-order chi connectivity index (χ0) is 12.4. The second kappa shape index (κ2) is 5.41. The Kier molecular flexibility index (Phi) is 3.67. The Morgan fingerprint density at radius 3 is 2.89 bits per heavy atom. The van der Waals surface area contributed by atoms with Crippen LogP contribution < -0.4 is 5.32 Å². The van der Waals surface area contributed by atoms with Crippen LogP contribution >= 0.6 is 0 Å². The van der Waals surface area contributed by atoms with E-state index >= 15 is 0 Å². The third-order valence-corrected chi connectivity index (χ3v) is 4.61. The number of nitrogens with one attached hydrogen (secondary N) is 1. The molecule has 0 aromatic heterocycles. The number of nitrogens with zero attached hydrogens (tertiary/aromatic N) is 1. The SMILES string of the molecule is Cc1ccccc1CN1CCCC1C1CCCN1. The van der Waals surface area contributed by atoms with Crippen molar-refractivity contribution in [1.82, 2.24) is 10.2 Å². The highest BCUT2D eigenvalue weighted by Crippen LogP contribution is 2.26. The van der Waals surface area contributed by atoms with Crippen LogP contribution in [0.4, 0.5) is 0 Å². The molecule has 2 saturated heterocycles. The maximum absolute atomic E-state index is 3.69. The number of hydrogen-bond donors (Lipinski definition) is 1. The summed E-state index contributed by atoms with van der Waals surface area (Å²) in [5, 5.41) is 3.69. The Morgan fingerprint density at radius 2 is 2.11 bits per heavy atom. The average Bonchev–Trinajstić information content (AvgIpc) is 3.02. The molecule has 98 valence electrons. The van der Waals surface area contributed by atoms with Crippen LogP contribution in [0, 0.1) is 6.92 Å². The minimum Gasteiger partial charge on any atom is -0.312 e. The van der Waals surface area contributed by atoms with Crippen LogP contribution in [0.1, 0.15) is 36.8 Å². The topological polar surface area (TPSA) is 15.3 Å². The lowest BCUT2D eigenvalue weighted by Gasteiger charge is -2.30. The molecule has 1 aromatic carbocycles. The smallest absolute Gasteiger partial charge is 0.0253 e. The first kappa shape index (κ1) is 12.2. The lowest BCUT2D eigenvalue weighted by Crippen LogP contribution is -2.43. The van der Waals surface area contributed by atoms with Crippen LogP contribution in [-0.2, 0) is 6.54 Å². The van der Waals surface area contributed by atoms with Crippen molar-refractivity contribution in [2.45, 2.75) is 51.2 Å². The molecule has 1 aromatic rings. The fraction of sp³-hybridized carbons (Fsp3) is 0.625. The summed E-state index contributed by atoms with van der Waals surface area (Å²) in [5.74, 6) is 0. The molecule has 3 rings (SSSR count). The van der Waals surface area contributed by atoms with Gasteiger partial charge in [-0.3, -0.25) is 4.90 Å². The van der Waals surface area contributed by atoms with Gasteiger partial charge in [-0.1, -0.05) is 24.3 Å². The Labute approximate surface area is 110 Å². The van der Waals surface area contributed by atoms with E-state index in [9.17, 15) is 0 Å². The molecule has 2 aliphatic heterocycles. The summed E-state index contributed by atoms with van der Waals surface area (Å²) >= 11 is 0. The molecule has 0 amide bonds. The normalized spacial score (nSPS) is 28.9. The van der Waals surface area contributed by atoms with E-state index in [1.165, 1.54) is 49.9 Å². The van der Waals surface area contributed by atoms with Gasteiger partial charge in [0.25, 0.3) is 0 Å². The molecule has 0 spiro atoms. The standard InChI is InChI=1S/C16H24N2/c1-13-6-2-3-7-14(13)12-18-11-5-9-16(18)15-8-4-10-17-15/h2-3,6-7,15-17H,4-5,8-12H2,1H3. The van der Waals surface area contributed by atoms with Gasteiger partial charge >= 0.3 is 0 Å². The van der Waals surface area contributed by atoms with Gasteiger partial charge in [0.2, 0.25) is 0 Å². The summed E-state index contributed by atoms with van der Waals surface area (Å²) in [5.41, 5.74) is 2.94. The molecule has 2 fully saturated rings. The number of aryl methyl sites for hydroxylation is 1. The molecule has 1 N–H and O–H groups in total. The monoisotopic (exact) mass is 244 g/mol. The zero-order valence-electron chi connectivity index (χ0n) is 11.4. The molecule has 0 radical (unpaired) electrons. The summed E-state index contributed by atoms with van der Waals surface area (Å²) in [4.78, 5) is 2.70. The molecule has 0 bridgehead atoms. The van der Waals surface area contributed by atoms with E-state index < -0.39 is 0 Å². The van der Waals surface area contributed by atoms with Crippen LogP contribution in [0.3, 0.4) is 0 Å². The first-order chi connectivity index (χ1) is 8.84. The summed E-state index contributed by atoms with van der Waals surface area (Å²) in [7, 11) is 0. The Hall–Kier alpha value is -0.860. The molecule has 0 aliphatic carbocycles. The molecule has 2 unspecified atom stereocenters. The van der Waals surface area contributed by atoms with Crippen molar-refractivity contribution in [3.8, 4) is 0 Å². The molecule has 2 aliphatic rings. The van der Waals surface area contributed by atoms with Gasteiger partial charge in [0.15, 0.2) is 0 Å². The van der Waals surface area contributed by atoms with Gasteiger partial charge in [0.1, 0.15) is 0 Å². The van der Waals surface area contributed by atoms with Crippen molar-refractivity contribution >= 4 is 0 Å². The van der Waals surface area contributed by atoms with Crippen LogP contribution in [0.15, 0.2) is 24.3 Å². The van der Waals surface area contributed by atoms with E-state index in [4.69, 9.17) is 0 Å². The van der Waals surface area contributed by atoms with Crippen molar-refractivity contribution in [3.05, 3.63) is 35.4 Å². The maximum Gasteiger partial charge on any atom is 0.0253 e. The number of likely N-dealkylation sites (tertiary alicyclic amines) is 1. The van der Waals surface area contributed by atoms with Crippen molar-refractivity contribution < 1.29 is 0 Å². The van der Waals surface area contributed by atoms with Crippen LogP contribution in [-0.4, -0.2) is 30.1 Å². The van der Waals surface area contributed by atoms with Crippen molar-refractivity contribution in [3.63, 3.8) is 0 Å². The highest BCUT2D eigenvalue weighted by Gasteiger charge is 2.32. The predicted molar refractivity (Wildman–Crippen MR) is 75.6 cm³/mol. The molecular weight excluding hydrogens is 220 g/mol. The fourth-order valence-electron chi connectivity index (χ4n) is 3.55. The first-order valence-electron chi connectivity index (χ1n) is 7.36. The van der Waals surface area contributed by atoms with E-state index in [0.717, 1.165) is 18.6 Å². The van der Waals surface area contributed by atoms with E-state index in [1.54, 1.807) is 0 Å². The van der Waals surface area contributed by atoms with Crippen LogP contribution in [0.25, 0.3) is 0 Å². The molecule has 2 heterocycles. The molecule has 2 nitrogen and oxygen atoms in total. The van der Waals surface area contributed by atoms with Crippen molar-refractivity contribution in [2.75, 3.05) is 13.1 Å². The lowest BCUT2D eigenvalue weighted by molar-refractivity contribution is 0.206. The van der Waals surface area contributed by atoms with Gasteiger partial charge in [-0.15, -0.1) is 0 Å². The molecule has 2 atom stereocenters. The lowest BCUT2D eigenvalue weighted by atomic mass is 10.0. The Bertz CT molecular complexity index is 396. The predicted octanol–water partition coefficient (Wildman–Crippen LogP) is 2.71. The average molecular weight is 244 g/mol. The minimum absolute atomic E-state index is 0.747. The summed E-state index contributed by atoms with van der Waals surface area (Å²) in [6.45, 7) is 5.86. The third-order valence-electron chi connectivity index (χ3n) is 4.61. The third kappa shape index (κ3) is 2.45. The van der Waals surface area contributed by atoms with Gasteiger partial charge in [-0.05, 0) is 56.8 Å². The van der Waals surface area contributed by atoms with Crippen molar-refractivity contribution in [1.29, 1.82) is 0 Å². The molecular formula is C16H24N2. The highest BCUT2D eigenvalue weighted by molar-refractivity contribution is 5.25. The van der Waals surface area contributed by atoms with Gasteiger partial charge in [0, 0.05) is 18.6 Å². The van der Waals surface area contributed by atoms with Gasteiger partial charge < -0.3 is 5.32 Å². The molecule has 18 heavy (non-hydrogen) atoms. The van der Waals surface area contributed by atoms with Gasteiger partial charge in [-0.2, -0.15) is 0 Å². The zero-order valence-corrected chi connectivity index (χ0v) is 11.4. The second-order valence-electron chi connectivity index (χ2n) is 5.81. The fourth-order valence-corrected chi connectivity index (χ4v) is 3.55. The summed E-state index contributed by atoms with van der Waals surface area (Å²) in [6, 6.07) is 10.3. The van der Waals surface area contributed by atoms with E-state index in [-0.39, 0.29) is 0 Å². The largest absolute Gasteiger partial charge is 0.312 e. The highest BCUT2D eigenvalue weighted by atomic mass is 15.2. The van der Waals surface area contributed by atoms with E-state index in [1.807, 2.05) is 0 Å². The number of rotatable bonds is 3. The molecule has 0 saturated carbocycles. The van der Waals surface area contributed by atoms with E-state index in [2.05, 4.69) is 41.4 Å². The van der Waals surface area contributed by atoms with Gasteiger partial charge in [-0.25, -0.2) is 0 Å². The molecule has 2 heteroatoms. The quantitative estimate of drug-likeness (QED) is 0.879.